The molecule has 1 aromatic carbocycles. The molecule has 0 radical (unpaired) electrons. The van der Waals surface area contributed by atoms with Crippen LogP contribution in [0, 0.1) is 25.5 Å². The summed E-state index contributed by atoms with van der Waals surface area (Å²) in [6, 6.07) is 5.14. The number of amides is 1. The van der Waals surface area contributed by atoms with Crippen molar-refractivity contribution in [3.8, 4) is 0 Å². The summed E-state index contributed by atoms with van der Waals surface area (Å²) in [6.07, 6.45) is 2.11. The molecule has 6 heteroatoms. The fourth-order valence-electron chi connectivity index (χ4n) is 3.82. The number of pyridine rings is 1. The Morgan fingerprint density at radius 1 is 1.21 bits per heavy atom. The molecule has 0 aliphatic rings. The second kappa shape index (κ2) is 7.93. The molecule has 0 unspecified atom stereocenters. The van der Waals surface area contributed by atoms with Crippen LogP contribution in [0.1, 0.15) is 47.8 Å². The molecule has 0 N–H and O–H groups in total. The zero-order valence-corrected chi connectivity index (χ0v) is 17.8. The van der Waals surface area contributed by atoms with Gasteiger partial charge in [0.05, 0.1) is 11.2 Å². The molecule has 0 saturated heterocycles. The van der Waals surface area contributed by atoms with Crippen molar-refractivity contribution in [2.45, 2.75) is 46.6 Å². The summed E-state index contributed by atoms with van der Waals surface area (Å²) >= 11 is 0. The number of fused-ring (bicyclic) bond motifs is 1. The van der Waals surface area contributed by atoms with Gasteiger partial charge >= 0.3 is 0 Å². The van der Waals surface area contributed by atoms with Gasteiger partial charge in [0.25, 0.3) is 0 Å². The first kappa shape index (κ1) is 21.0. The molecule has 0 aliphatic carbocycles. The predicted octanol–water partition coefficient (Wildman–Crippen LogP) is 4.73. The normalized spacial score (nSPS) is 11.5. The van der Waals surface area contributed by atoms with Crippen molar-refractivity contribution in [2.24, 2.45) is 0 Å². The van der Waals surface area contributed by atoms with Gasteiger partial charge in [0.15, 0.2) is 11.6 Å². The van der Waals surface area contributed by atoms with Gasteiger partial charge in [0.1, 0.15) is 6.54 Å². The monoisotopic (exact) mass is 399 g/mol. The standard InChI is InChI=1S/C23H27F2N3O/c1-13(2)22-16(14(3)9-18(24)23(22)25)11-19-17-10-15(4)28(12-21(29)27(5)6)20(17)7-8-26-19/h7-10,13H,11-12H2,1-6H3. The SMILES string of the molecule is Cc1cc(F)c(F)c(C(C)C)c1Cc1nccc2c1cc(C)n2CC(=O)N(C)C. The third kappa shape index (κ3) is 3.88. The van der Waals surface area contributed by atoms with Crippen molar-refractivity contribution in [3.05, 3.63) is 64.1 Å². The van der Waals surface area contributed by atoms with Crippen molar-refractivity contribution in [2.75, 3.05) is 14.1 Å². The summed E-state index contributed by atoms with van der Waals surface area (Å²) < 4.78 is 30.5. The number of carbonyl (C=O) groups is 1. The first-order chi connectivity index (χ1) is 13.6. The molecule has 2 aromatic heterocycles. The van der Waals surface area contributed by atoms with E-state index in [0.29, 0.717) is 17.5 Å². The molecule has 0 aliphatic heterocycles. The van der Waals surface area contributed by atoms with Crippen LogP contribution in [0.15, 0.2) is 24.4 Å². The Kier molecular flexibility index (Phi) is 5.73. The van der Waals surface area contributed by atoms with Gasteiger partial charge in [-0.25, -0.2) is 8.78 Å². The molecule has 2 heterocycles. The molecule has 154 valence electrons. The number of rotatable bonds is 5. The van der Waals surface area contributed by atoms with Gasteiger partial charge < -0.3 is 9.47 Å². The summed E-state index contributed by atoms with van der Waals surface area (Å²) in [4.78, 5) is 18.3. The van der Waals surface area contributed by atoms with Crippen LogP contribution in [0.25, 0.3) is 10.9 Å². The van der Waals surface area contributed by atoms with E-state index in [2.05, 4.69) is 4.98 Å². The van der Waals surface area contributed by atoms with Crippen molar-refractivity contribution in [3.63, 3.8) is 0 Å². The lowest BCUT2D eigenvalue weighted by Gasteiger charge is -2.17. The molecule has 3 aromatic rings. The van der Waals surface area contributed by atoms with E-state index in [1.807, 2.05) is 37.5 Å². The van der Waals surface area contributed by atoms with Crippen molar-refractivity contribution in [1.82, 2.24) is 14.5 Å². The molecule has 4 nitrogen and oxygen atoms in total. The molecule has 0 atom stereocenters. The minimum absolute atomic E-state index is 0.00232. The van der Waals surface area contributed by atoms with Gasteiger partial charge in [-0.05, 0) is 54.7 Å². The third-order valence-electron chi connectivity index (χ3n) is 5.42. The van der Waals surface area contributed by atoms with E-state index in [-0.39, 0.29) is 18.4 Å². The molecular formula is C23H27F2N3O. The van der Waals surface area contributed by atoms with Gasteiger partial charge in [-0.1, -0.05) is 13.8 Å². The Balaban J connectivity index is 2.12. The van der Waals surface area contributed by atoms with E-state index in [4.69, 9.17) is 0 Å². The number of aromatic nitrogens is 2. The lowest BCUT2D eigenvalue weighted by atomic mass is 9.89. The van der Waals surface area contributed by atoms with Crippen LogP contribution in [0.2, 0.25) is 0 Å². The summed E-state index contributed by atoms with van der Waals surface area (Å²) in [7, 11) is 3.46. The molecule has 29 heavy (non-hydrogen) atoms. The number of hydrogen-bond donors (Lipinski definition) is 0. The molecule has 0 fully saturated rings. The highest BCUT2D eigenvalue weighted by Crippen LogP contribution is 2.31. The first-order valence-corrected chi connectivity index (χ1v) is 9.73. The number of nitrogens with zero attached hydrogens (tertiary/aromatic N) is 3. The Hall–Kier alpha value is -2.76. The first-order valence-electron chi connectivity index (χ1n) is 9.73. The minimum atomic E-state index is -0.815. The fourth-order valence-corrected chi connectivity index (χ4v) is 3.82. The van der Waals surface area contributed by atoms with Gasteiger partial charge in [-0.3, -0.25) is 9.78 Å². The number of hydrogen-bond acceptors (Lipinski definition) is 2. The van der Waals surface area contributed by atoms with E-state index in [1.54, 1.807) is 32.1 Å². The second-order valence-electron chi connectivity index (χ2n) is 8.06. The van der Waals surface area contributed by atoms with Gasteiger partial charge in [0, 0.05) is 37.8 Å². The number of aryl methyl sites for hydroxylation is 2. The van der Waals surface area contributed by atoms with Crippen molar-refractivity contribution in [1.29, 1.82) is 0 Å². The van der Waals surface area contributed by atoms with Gasteiger partial charge in [0.2, 0.25) is 5.91 Å². The zero-order valence-electron chi connectivity index (χ0n) is 17.8. The molecule has 0 spiro atoms. The Morgan fingerprint density at radius 3 is 2.52 bits per heavy atom. The highest BCUT2D eigenvalue weighted by atomic mass is 19.2. The molecule has 1 amide bonds. The number of carbonyl (C=O) groups excluding carboxylic acids is 1. The summed E-state index contributed by atoms with van der Waals surface area (Å²) in [5.74, 6) is -1.74. The van der Waals surface area contributed by atoms with Crippen LogP contribution in [0.3, 0.4) is 0 Å². The molecule has 3 rings (SSSR count). The van der Waals surface area contributed by atoms with E-state index < -0.39 is 11.6 Å². The van der Waals surface area contributed by atoms with Crippen LogP contribution < -0.4 is 0 Å². The van der Waals surface area contributed by atoms with E-state index in [1.165, 1.54) is 6.07 Å². The van der Waals surface area contributed by atoms with Crippen LogP contribution in [0.5, 0.6) is 0 Å². The maximum Gasteiger partial charge on any atom is 0.241 e. The summed E-state index contributed by atoms with van der Waals surface area (Å²) in [6.45, 7) is 7.73. The van der Waals surface area contributed by atoms with E-state index >= 15 is 0 Å². The van der Waals surface area contributed by atoms with Crippen molar-refractivity contribution >= 4 is 16.8 Å². The maximum atomic E-state index is 14.6. The van der Waals surface area contributed by atoms with Crippen LogP contribution >= 0.6 is 0 Å². The highest BCUT2D eigenvalue weighted by Gasteiger charge is 2.21. The molecular weight excluding hydrogens is 372 g/mol. The minimum Gasteiger partial charge on any atom is -0.347 e. The predicted molar refractivity (Wildman–Crippen MR) is 111 cm³/mol. The average molecular weight is 399 g/mol. The maximum absolute atomic E-state index is 14.6. The number of halogens is 2. The van der Waals surface area contributed by atoms with E-state index in [9.17, 15) is 13.6 Å². The molecule has 0 saturated carbocycles. The topological polar surface area (TPSA) is 38.1 Å². The second-order valence-corrected chi connectivity index (χ2v) is 8.06. The number of likely N-dealkylation sites (N-methyl/N-ethyl adjacent to an activating group) is 1. The van der Waals surface area contributed by atoms with Crippen LogP contribution in [-0.4, -0.2) is 34.5 Å². The highest BCUT2D eigenvalue weighted by molar-refractivity contribution is 5.86. The van der Waals surface area contributed by atoms with Gasteiger partial charge in [-0.2, -0.15) is 0 Å². The third-order valence-corrected chi connectivity index (χ3v) is 5.42. The smallest absolute Gasteiger partial charge is 0.241 e. The fraction of sp³-hybridized carbons (Fsp3) is 0.391. The van der Waals surface area contributed by atoms with Crippen LogP contribution in [-0.2, 0) is 17.8 Å². The van der Waals surface area contributed by atoms with E-state index in [0.717, 1.165) is 27.9 Å². The lowest BCUT2D eigenvalue weighted by Crippen LogP contribution is -2.26. The zero-order chi connectivity index (χ0) is 21.5. The summed E-state index contributed by atoms with van der Waals surface area (Å²) in [5.41, 5.74) is 4.54. The number of benzene rings is 1. The Labute approximate surface area is 170 Å². The Bertz CT molecular complexity index is 1080. The Morgan fingerprint density at radius 2 is 1.90 bits per heavy atom. The summed E-state index contributed by atoms with van der Waals surface area (Å²) in [5, 5.41) is 0.926. The van der Waals surface area contributed by atoms with Gasteiger partial charge in [-0.15, -0.1) is 0 Å². The average Bonchev–Trinajstić information content (AvgIpc) is 2.96. The molecule has 0 bridgehead atoms. The van der Waals surface area contributed by atoms with Crippen molar-refractivity contribution < 1.29 is 13.6 Å². The quantitative estimate of drug-likeness (QED) is 0.622. The lowest BCUT2D eigenvalue weighted by molar-refractivity contribution is -0.129. The largest absolute Gasteiger partial charge is 0.347 e. The van der Waals surface area contributed by atoms with Crippen LogP contribution in [0.4, 0.5) is 8.78 Å².